The third-order valence-corrected chi connectivity index (χ3v) is 3.65. The molecule has 0 aromatic carbocycles. The molecule has 0 rings (SSSR count). The van der Waals surface area contributed by atoms with E-state index in [0.717, 1.165) is 12.2 Å². The van der Waals surface area contributed by atoms with Gasteiger partial charge in [0.1, 0.15) is 17.4 Å². The fourth-order valence-electron chi connectivity index (χ4n) is 1.78. The minimum Gasteiger partial charge on any atom is -0.509 e. The van der Waals surface area contributed by atoms with Crippen LogP contribution in [0.1, 0.15) is 0 Å². The maximum atomic E-state index is 14.4. The van der Waals surface area contributed by atoms with E-state index in [1.807, 2.05) is 0 Å². The summed E-state index contributed by atoms with van der Waals surface area (Å²) < 4.78 is 82.2. The molecule has 0 saturated carbocycles. The number of hydrogen-bond acceptors (Lipinski definition) is 2. The van der Waals surface area contributed by atoms with Crippen LogP contribution in [0.4, 0.5) is 26.3 Å². The summed E-state index contributed by atoms with van der Waals surface area (Å²) in [6, 6.07) is 0. The molecule has 0 atom stereocenters. The van der Waals surface area contributed by atoms with Crippen LogP contribution in [-0.2, 0) is 4.74 Å². The molecule has 176 valence electrons. The SMILES string of the molecule is C=C(O)/C=C\C(=C)C(=C)/C=C(/F)C(=C)C(=C)/C=C(/F)C(=C)C(=C)/C=C(/F)C(=C)OC(F)(F)F. The van der Waals surface area contributed by atoms with Crippen LogP contribution >= 0.6 is 0 Å². The lowest BCUT2D eigenvalue weighted by Gasteiger charge is -2.10. The van der Waals surface area contributed by atoms with Gasteiger partial charge in [0.15, 0.2) is 11.6 Å². The largest absolute Gasteiger partial charge is 0.573 e. The molecule has 0 amide bonds. The van der Waals surface area contributed by atoms with Crippen LogP contribution in [0.5, 0.6) is 0 Å². The van der Waals surface area contributed by atoms with Crippen LogP contribution in [0.2, 0.25) is 0 Å². The Bertz CT molecular complexity index is 1040. The molecule has 0 heterocycles. The lowest BCUT2D eigenvalue weighted by atomic mass is 10.0. The van der Waals surface area contributed by atoms with Gasteiger partial charge in [-0.25, -0.2) is 13.2 Å². The Labute approximate surface area is 188 Å². The maximum absolute atomic E-state index is 14.4. The lowest BCUT2D eigenvalue weighted by molar-refractivity contribution is -0.304. The van der Waals surface area contributed by atoms with Crippen LogP contribution in [0.25, 0.3) is 0 Å². The van der Waals surface area contributed by atoms with Gasteiger partial charge in [0.05, 0.1) is 0 Å². The normalized spacial score (nSPS) is 12.8. The second-order valence-corrected chi connectivity index (χ2v) is 6.33. The Balaban J connectivity index is 5.41. The van der Waals surface area contributed by atoms with Crippen molar-refractivity contribution in [1.82, 2.24) is 0 Å². The average Bonchev–Trinajstić information content (AvgIpc) is 2.68. The van der Waals surface area contributed by atoms with Crippen LogP contribution in [0, 0.1) is 0 Å². The number of aliphatic hydroxyl groups is 1. The molecule has 8 heteroatoms. The third-order valence-electron chi connectivity index (χ3n) is 3.65. The predicted octanol–water partition coefficient (Wildman–Crippen LogP) is 8.56. The minimum absolute atomic E-state index is 0.114. The molecule has 0 bridgehead atoms. The van der Waals surface area contributed by atoms with Crippen molar-refractivity contribution in [3.05, 3.63) is 145 Å². The van der Waals surface area contributed by atoms with Crippen LogP contribution in [0.3, 0.4) is 0 Å². The van der Waals surface area contributed by atoms with Gasteiger partial charge in [0, 0.05) is 11.1 Å². The smallest absolute Gasteiger partial charge is 0.509 e. The van der Waals surface area contributed by atoms with Gasteiger partial charge < -0.3 is 9.84 Å². The Morgan fingerprint density at radius 3 is 1.39 bits per heavy atom. The van der Waals surface area contributed by atoms with Gasteiger partial charge in [0.25, 0.3) is 0 Å². The first-order valence-electron chi connectivity index (χ1n) is 8.74. The van der Waals surface area contributed by atoms with Gasteiger partial charge >= 0.3 is 6.36 Å². The van der Waals surface area contributed by atoms with Crippen LogP contribution in [-0.4, -0.2) is 11.5 Å². The summed E-state index contributed by atoms with van der Waals surface area (Å²) in [5.74, 6) is -5.22. The van der Waals surface area contributed by atoms with E-state index in [-0.39, 0.29) is 28.1 Å². The number of aliphatic hydroxyl groups excluding tert-OH is 1. The topological polar surface area (TPSA) is 29.5 Å². The zero-order valence-corrected chi connectivity index (χ0v) is 17.7. The molecule has 0 spiro atoms. The molecule has 1 N–H and O–H groups in total. The van der Waals surface area contributed by atoms with Crippen molar-refractivity contribution in [2.24, 2.45) is 0 Å². The highest BCUT2D eigenvalue weighted by atomic mass is 19.4. The second-order valence-electron chi connectivity index (χ2n) is 6.33. The van der Waals surface area contributed by atoms with Crippen molar-refractivity contribution in [2.75, 3.05) is 0 Å². The highest BCUT2D eigenvalue weighted by Crippen LogP contribution is 2.29. The summed E-state index contributed by atoms with van der Waals surface area (Å²) in [7, 11) is 0. The highest BCUT2D eigenvalue weighted by Gasteiger charge is 2.32. The second kappa shape index (κ2) is 12.2. The van der Waals surface area contributed by atoms with E-state index < -0.39 is 40.7 Å². The lowest BCUT2D eigenvalue weighted by Crippen LogP contribution is -2.12. The molecule has 0 aromatic heterocycles. The van der Waals surface area contributed by atoms with E-state index >= 15 is 0 Å². The van der Waals surface area contributed by atoms with E-state index in [9.17, 15) is 26.3 Å². The number of allylic oxidation sites excluding steroid dienone is 14. The van der Waals surface area contributed by atoms with E-state index in [4.69, 9.17) is 5.11 Å². The van der Waals surface area contributed by atoms with Crippen molar-refractivity contribution in [3.8, 4) is 0 Å². The molecule has 0 aliphatic heterocycles. The Morgan fingerprint density at radius 1 is 0.606 bits per heavy atom. The molecule has 0 saturated heterocycles. The zero-order chi connectivity index (χ0) is 26.1. The summed E-state index contributed by atoms with van der Waals surface area (Å²) in [6.45, 7) is 26.8. The van der Waals surface area contributed by atoms with Crippen molar-refractivity contribution in [2.45, 2.75) is 6.36 Å². The van der Waals surface area contributed by atoms with Gasteiger partial charge in [0.2, 0.25) is 0 Å². The van der Waals surface area contributed by atoms with Crippen molar-refractivity contribution < 1.29 is 36.2 Å². The van der Waals surface area contributed by atoms with Gasteiger partial charge in [-0.15, -0.1) is 13.2 Å². The molecular weight excluding hydrogens is 446 g/mol. The summed E-state index contributed by atoms with van der Waals surface area (Å²) >= 11 is 0. The number of halogens is 6. The number of ether oxygens (including phenoxy) is 1. The fraction of sp³-hybridized carbons (Fsp3) is 0.0400. The maximum Gasteiger partial charge on any atom is 0.573 e. The molecule has 0 aliphatic rings. The number of rotatable bonds is 12. The first-order valence-corrected chi connectivity index (χ1v) is 8.74. The number of alkyl halides is 3. The molecule has 0 fully saturated rings. The van der Waals surface area contributed by atoms with Crippen LogP contribution < -0.4 is 0 Å². The average molecular weight is 468 g/mol. The molecule has 0 aliphatic carbocycles. The van der Waals surface area contributed by atoms with Crippen molar-refractivity contribution in [1.29, 1.82) is 0 Å². The minimum atomic E-state index is -5.16. The molecule has 0 aromatic rings. The standard InChI is InChI=1S/C25H22F6O2/c1-14(9-10-18(5)32)15(2)11-22(26)19(6)16(3)12-23(27)20(7)17(4)13-24(28)21(8)33-25(29,30)31/h9-13,32H,1-8H2/b10-9-,22-11+,23-12+,24-13+. The third kappa shape index (κ3) is 10.8. The van der Waals surface area contributed by atoms with E-state index in [0.29, 0.717) is 6.08 Å². The van der Waals surface area contributed by atoms with Crippen molar-refractivity contribution in [3.63, 3.8) is 0 Å². The van der Waals surface area contributed by atoms with Gasteiger partial charge in [-0.2, -0.15) is 0 Å². The van der Waals surface area contributed by atoms with Crippen molar-refractivity contribution >= 4 is 0 Å². The Morgan fingerprint density at radius 2 is 1.00 bits per heavy atom. The van der Waals surface area contributed by atoms with Gasteiger partial charge in [-0.05, 0) is 46.6 Å². The number of hydrogen-bond donors (Lipinski definition) is 1. The molecular formula is C25H22F6O2. The predicted molar refractivity (Wildman–Crippen MR) is 120 cm³/mol. The first kappa shape index (κ1) is 29.1. The van der Waals surface area contributed by atoms with Crippen LogP contribution in [0.15, 0.2) is 145 Å². The quantitative estimate of drug-likeness (QED) is 0.177. The Hall–Kier alpha value is -3.94. The zero-order valence-electron chi connectivity index (χ0n) is 17.7. The van der Waals surface area contributed by atoms with E-state index in [1.54, 1.807) is 0 Å². The monoisotopic (exact) mass is 468 g/mol. The molecule has 0 radical (unpaired) electrons. The molecule has 0 unspecified atom stereocenters. The van der Waals surface area contributed by atoms with Gasteiger partial charge in [-0.3, -0.25) is 0 Å². The summed E-state index contributed by atoms with van der Waals surface area (Å²) in [5.41, 5.74) is -1.16. The van der Waals surface area contributed by atoms with E-state index in [1.165, 1.54) is 12.2 Å². The first-order chi connectivity index (χ1) is 15.0. The fourth-order valence-corrected chi connectivity index (χ4v) is 1.78. The molecule has 2 nitrogen and oxygen atoms in total. The highest BCUT2D eigenvalue weighted by molar-refractivity contribution is 5.55. The summed E-state index contributed by atoms with van der Waals surface area (Å²) in [4.78, 5) is 0. The summed E-state index contributed by atoms with van der Waals surface area (Å²) in [6.07, 6.45) is -0.504. The van der Waals surface area contributed by atoms with Gasteiger partial charge in [-0.1, -0.05) is 58.7 Å². The summed E-state index contributed by atoms with van der Waals surface area (Å²) in [5, 5.41) is 9.01. The Kier molecular flexibility index (Phi) is 10.7. The van der Waals surface area contributed by atoms with E-state index in [2.05, 4.69) is 57.4 Å². The molecule has 33 heavy (non-hydrogen) atoms.